The predicted octanol–water partition coefficient (Wildman–Crippen LogP) is 5.98. The summed E-state index contributed by atoms with van der Waals surface area (Å²) in [5, 5.41) is 1.02. The van der Waals surface area contributed by atoms with E-state index in [1.54, 1.807) is 6.07 Å². The van der Waals surface area contributed by atoms with Crippen molar-refractivity contribution >= 4 is 16.7 Å². The van der Waals surface area contributed by atoms with Crippen molar-refractivity contribution in [1.29, 1.82) is 0 Å². The number of ether oxygens (including phenoxy) is 2. The minimum atomic E-state index is -0.291. The molecule has 0 spiro atoms. The third-order valence-electron chi connectivity index (χ3n) is 5.87. The molecule has 1 aliphatic heterocycles. The van der Waals surface area contributed by atoms with Crippen LogP contribution in [-0.2, 0) is 13.0 Å². The molecule has 5 heteroatoms. The van der Waals surface area contributed by atoms with Crippen molar-refractivity contribution in [2.75, 3.05) is 18.2 Å². The lowest BCUT2D eigenvalue weighted by Gasteiger charge is -2.32. The van der Waals surface area contributed by atoms with E-state index in [2.05, 4.69) is 36.9 Å². The average molecular weight is 422 g/mol. The Morgan fingerprint density at radius 3 is 2.58 bits per heavy atom. The maximum atomic E-state index is 12.1. The van der Waals surface area contributed by atoms with Crippen LogP contribution in [0.4, 0.5) is 5.69 Å². The smallest absolute Gasteiger partial charge is 0.336 e. The van der Waals surface area contributed by atoms with Gasteiger partial charge in [-0.3, -0.25) is 0 Å². The summed E-state index contributed by atoms with van der Waals surface area (Å²) in [6, 6.07) is 12.0. The van der Waals surface area contributed by atoms with E-state index in [1.165, 1.54) is 0 Å². The summed E-state index contributed by atoms with van der Waals surface area (Å²) in [4.78, 5) is 14.3. The molecule has 0 saturated heterocycles. The van der Waals surface area contributed by atoms with Gasteiger partial charge in [0.2, 0.25) is 0 Å². The summed E-state index contributed by atoms with van der Waals surface area (Å²) in [7, 11) is 0. The van der Waals surface area contributed by atoms with Crippen LogP contribution in [-0.4, -0.2) is 13.3 Å². The van der Waals surface area contributed by atoms with Crippen LogP contribution in [0.25, 0.3) is 11.0 Å². The maximum Gasteiger partial charge on any atom is 0.336 e. The molecule has 0 radical (unpaired) electrons. The summed E-state index contributed by atoms with van der Waals surface area (Å²) in [5.74, 6) is 1.73. The minimum Gasteiger partial charge on any atom is -0.494 e. The molecular formula is C26H31NO4. The SMILES string of the molecule is CCCCOc1ccc(N2COc3c(cc4c(CCCC)cc(=O)oc4c3C)C2)cc1. The topological polar surface area (TPSA) is 51.9 Å². The van der Waals surface area contributed by atoms with Gasteiger partial charge in [0.25, 0.3) is 0 Å². The Labute approximate surface area is 183 Å². The van der Waals surface area contributed by atoms with Crippen molar-refractivity contribution in [3.63, 3.8) is 0 Å². The molecule has 0 N–H and O–H groups in total. The Balaban J connectivity index is 1.61. The Morgan fingerprint density at radius 2 is 1.84 bits per heavy atom. The molecule has 0 unspecified atom stereocenters. The lowest BCUT2D eigenvalue weighted by molar-refractivity contribution is 0.287. The zero-order chi connectivity index (χ0) is 21.8. The standard InChI is InChI=1S/C26H31NO4/c1-4-6-8-19-15-24(28)31-26-18(3)25-20(14-23(19)26)16-27(17-30-25)21-9-11-22(12-10-21)29-13-7-5-2/h9-12,14-15H,4-8,13,16-17H2,1-3H3. The summed E-state index contributed by atoms with van der Waals surface area (Å²) in [5.41, 5.74) is 4.54. The molecule has 0 amide bonds. The van der Waals surface area contributed by atoms with Crippen LogP contribution in [0, 0.1) is 6.92 Å². The summed E-state index contributed by atoms with van der Waals surface area (Å²) >= 11 is 0. The van der Waals surface area contributed by atoms with Gasteiger partial charge in [0.1, 0.15) is 17.1 Å². The lowest BCUT2D eigenvalue weighted by Crippen LogP contribution is -2.32. The summed E-state index contributed by atoms with van der Waals surface area (Å²) in [6.45, 7) is 8.24. The minimum absolute atomic E-state index is 0.291. The van der Waals surface area contributed by atoms with E-state index < -0.39 is 0 Å². The zero-order valence-electron chi connectivity index (χ0n) is 18.7. The summed E-state index contributed by atoms with van der Waals surface area (Å²) in [6.07, 6.45) is 5.19. The number of fused-ring (bicyclic) bond motifs is 2. The van der Waals surface area contributed by atoms with Gasteiger partial charge in [-0.2, -0.15) is 0 Å². The van der Waals surface area contributed by atoms with E-state index in [9.17, 15) is 4.79 Å². The zero-order valence-corrected chi connectivity index (χ0v) is 18.7. The predicted molar refractivity (Wildman–Crippen MR) is 124 cm³/mol. The molecule has 3 aromatic rings. The maximum absolute atomic E-state index is 12.1. The van der Waals surface area contributed by atoms with Gasteiger partial charge in [-0.05, 0) is 62.1 Å². The first-order chi connectivity index (χ1) is 15.1. The fourth-order valence-corrected chi connectivity index (χ4v) is 4.11. The Morgan fingerprint density at radius 1 is 1.06 bits per heavy atom. The fraction of sp³-hybridized carbons (Fsp3) is 0.423. The summed E-state index contributed by atoms with van der Waals surface area (Å²) < 4.78 is 17.5. The van der Waals surface area contributed by atoms with E-state index in [0.717, 1.165) is 84.5 Å². The molecule has 1 aliphatic rings. The van der Waals surface area contributed by atoms with Crippen LogP contribution in [0.1, 0.15) is 56.2 Å². The molecular weight excluding hydrogens is 390 g/mol. The molecule has 1 aromatic heterocycles. The van der Waals surface area contributed by atoms with Crippen molar-refractivity contribution in [2.24, 2.45) is 0 Å². The number of benzene rings is 2. The quantitative estimate of drug-likeness (QED) is 0.331. The van der Waals surface area contributed by atoms with Crippen molar-refractivity contribution < 1.29 is 13.9 Å². The number of hydrogen-bond donors (Lipinski definition) is 0. The van der Waals surface area contributed by atoms with Crippen LogP contribution in [0.3, 0.4) is 0 Å². The third kappa shape index (κ3) is 4.55. The molecule has 0 bridgehead atoms. The van der Waals surface area contributed by atoms with Crippen molar-refractivity contribution in [3.8, 4) is 11.5 Å². The van der Waals surface area contributed by atoms with Gasteiger partial charge in [0.15, 0.2) is 6.73 Å². The number of anilines is 1. The van der Waals surface area contributed by atoms with E-state index in [1.807, 2.05) is 19.1 Å². The van der Waals surface area contributed by atoms with Gasteiger partial charge in [0.05, 0.1) is 6.61 Å². The number of nitrogens with zero attached hydrogens (tertiary/aromatic N) is 1. The highest BCUT2D eigenvalue weighted by atomic mass is 16.5. The first-order valence-corrected chi connectivity index (χ1v) is 11.3. The largest absolute Gasteiger partial charge is 0.494 e. The second kappa shape index (κ2) is 9.46. The fourth-order valence-electron chi connectivity index (χ4n) is 4.11. The lowest BCUT2D eigenvalue weighted by atomic mass is 9.98. The van der Waals surface area contributed by atoms with Crippen molar-refractivity contribution in [3.05, 3.63) is 63.5 Å². The van der Waals surface area contributed by atoms with Gasteiger partial charge in [-0.25, -0.2) is 4.79 Å². The second-order valence-electron chi connectivity index (χ2n) is 8.23. The van der Waals surface area contributed by atoms with E-state index in [0.29, 0.717) is 12.3 Å². The Hall–Kier alpha value is -2.95. The normalized spacial score (nSPS) is 13.2. The third-order valence-corrected chi connectivity index (χ3v) is 5.87. The van der Waals surface area contributed by atoms with Crippen LogP contribution in [0.15, 0.2) is 45.6 Å². The molecule has 0 saturated carbocycles. The van der Waals surface area contributed by atoms with Crippen LogP contribution < -0.4 is 20.0 Å². The van der Waals surface area contributed by atoms with Gasteiger partial charge < -0.3 is 18.8 Å². The molecule has 2 heterocycles. The van der Waals surface area contributed by atoms with E-state index in [4.69, 9.17) is 13.9 Å². The molecule has 0 aliphatic carbocycles. The molecule has 0 atom stereocenters. The highest BCUT2D eigenvalue weighted by molar-refractivity contribution is 5.86. The van der Waals surface area contributed by atoms with Gasteiger partial charge in [-0.1, -0.05) is 26.7 Å². The monoisotopic (exact) mass is 421 g/mol. The first-order valence-electron chi connectivity index (χ1n) is 11.3. The highest BCUT2D eigenvalue weighted by Crippen LogP contribution is 2.37. The molecule has 2 aromatic carbocycles. The molecule has 4 rings (SSSR count). The van der Waals surface area contributed by atoms with Crippen LogP contribution in [0.2, 0.25) is 0 Å². The molecule has 5 nitrogen and oxygen atoms in total. The van der Waals surface area contributed by atoms with E-state index in [-0.39, 0.29) is 5.63 Å². The van der Waals surface area contributed by atoms with Gasteiger partial charge in [-0.15, -0.1) is 0 Å². The molecule has 31 heavy (non-hydrogen) atoms. The van der Waals surface area contributed by atoms with Gasteiger partial charge >= 0.3 is 5.63 Å². The molecule has 164 valence electrons. The Bertz CT molecular complexity index is 1100. The number of unbranched alkanes of at least 4 members (excludes halogenated alkanes) is 2. The number of rotatable bonds is 8. The van der Waals surface area contributed by atoms with Crippen molar-refractivity contribution in [1.82, 2.24) is 0 Å². The Kier molecular flexibility index (Phi) is 6.50. The van der Waals surface area contributed by atoms with E-state index >= 15 is 0 Å². The van der Waals surface area contributed by atoms with Crippen LogP contribution in [0.5, 0.6) is 11.5 Å². The van der Waals surface area contributed by atoms with Crippen LogP contribution >= 0.6 is 0 Å². The first kappa shape index (κ1) is 21.3. The highest BCUT2D eigenvalue weighted by Gasteiger charge is 2.23. The second-order valence-corrected chi connectivity index (χ2v) is 8.23. The number of hydrogen-bond acceptors (Lipinski definition) is 5. The van der Waals surface area contributed by atoms with Gasteiger partial charge in [0, 0.05) is 34.8 Å². The number of aryl methyl sites for hydroxylation is 2. The van der Waals surface area contributed by atoms with Crippen molar-refractivity contribution in [2.45, 2.75) is 59.4 Å². The average Bonchev–Trinajstić information content (AvgIpc) is 2.78. The molecule has 0 fully saturated rings.